The number of aryl methyl sites for hydroxylation is 1. The van der Waals surface area contributed by atoms with E-state index in [9.17, 15) is 24.6 Å². The highest BCUT2D eigenvalue weighted by molar-refractivity contribution is 5.97. The SMILES string of the molecule is Cc1c[nH]c2ncnc(N3CCC(CNC(=O)C(C)(CO)CO)(C(=O)Nc4cccc(OC(=O)N(C)C)c4)CC3)c12. The second-order valence-corrected chi connectivity index (χ2v) is 11.0. The van der Waals surface area contributed by atoms with Crippen LogP contribution in [0.15, 0.2) is 36.8 Å². The maximum Gasteiger partial charge on any atom is 0.414 e. The number of piperidine rings is 1. The number of nitrogens with one attached hydrogen (secondary N) is 3. The minimum atomic E-state index is -1.39. The number of amides is 3. The summed E-state index contributed by atoms with van der Waals surface area (Å²) in [6.07, 6.45) is 3.61. The average molecular weight is 568 g/mol. The number of carbonyl (C=O) groups excluding carboxylic acids is 3. The summed E-state index contributed by atoms with van der Waals surface area (Å²) in [7, 11) is 3.14. The molecule has 0 saturated carbocycles. The van der Waals surface area contributed by atoms with E-state index in [-0.39, 0.29) is 18.2 Å². The first-order chi connectivity index (χ1) is 19.5. The minimum absolute atomic E-state index is 0.00122. The van der Waals surface area contributed by atoms with Crippen molar-refractivity contribution in [2.75, 3.05) is 57.2 Å². The Balaban J connectivity index is 1.56. The molecule has 5 N–H and O–H groups in total. The van der Waals surface area contributed by atoms with E-state index in [1.807, 2.05) is 13.1 Å². The zero-order valence-electron chi connectivity index (χ0n) is 23.7. The maximum absolute atomic E-state index is 13.9. The van der Waals surface area contributed by atoms with Crippen molar-refractivity contribution >= 4 is 40.4 Å². The topological polar surface area (TPSA) is 173 Å². The molecule has 0 atom stereocenters. The summed E-state index contributed by atoms with van der Waals surface area (Å²) in [5.74, 6) is 0.189. The summed E-state index contributed by atoms with van der Waals surface area (Å²) in [6, 6.07) is 6.52. The lowest BCUT2D eigenvalue weighted by atomic mass is 9.76. The number of benzene rings is 1. The van der Waals surface area contributed by atoms with Gasteiger partial charge in [0, 0.05) is 51.7 Å². The fourth-order valence-corrected chi connectivity index (χ4v) is 4.72. The van der Waals surface area contributed by atoms with Gasteiger partial charge in [-0.2, -0.15) is 0 Å². The van der Waals surface area contributed by atoms with E-state index in [0.29, 0.717) is 31.6 Å². The standard InChI is InChI=1S/C28H37N7O6/c1-18-13-29-22-21(18)23(32-17-31-22)35-10-8-28(9-11-35,14-30-24(38)27(2,15-36)16-37)25(39)33-19-6-5-7-20(12-19)41-26(40)34(3)4/h5-7,12-13,17,36-37H,8-11,14-16H2,1-4H3,(H,30,38)(H,33,39)(H,29,31,32). The number of aliphatic hydroxyl groups is 2. The van der Waals surface area contributed by atoms with Gasteiger partial charge in [0.15, 0.2) is 0 Å². The summed E-state index contributed by atoms with van der Waals surface area (Å²) in [6.45, 7) is 3.32. The van der Waals surface area contributed by atoms with Crippen LogP contribution in [0.25, 0.3) is 11.0 Å². The van der Waals surface area contributed by atoms with Crippen molar-refractivity contribution in [2.24, 2.45) is 10.8 Å². The average Bonchev–Trinajstić information content (AvgIpc) is 3.36. The third kappa shape index (κ3) is 6.25. The molecule has 0 spiro atoms. The van der Waals surface area contributed by atoms with E-state index in [2.05, 4.69) is 30.5 Å². The van der Waals surface area contributed by atoms with E-state index < -0.39 is 36.0 Å². The molecule has 0 bridgehead atoms. The fourth-order valence-electron chi connectivity index (χ4n) is 4.72. The van der Waals surface area contributed by atoms with E-state index in [1.165, 1.54) is 18.2 Å². The van der Waals surface area contributed by atoms with Gasteiger partial charge in [-0.15, -0.1) is 0 Å². The number of ether oxygens (including phenoxy) is 1. The van der Waals surface area contributed by atoms with Crippen LogP contribution in [0, 0.1) is 17.8 Å². The molecule has 3 aromatic rings. The van der Waals surface area contributed by atoms with Gasteiger partial charge >= 0.3 is 6.09 Å². The van der Waals surface area contributed by atoms with Crippen LogP contribution in [0.5, 0.6) is 5.75 Å². The molecule has 3 heterocycles. The van der Waals surface area contributed by atoms with Gasteiger partial charge < -0.3 is 40.4 Å². The molecular weight excluding hydrogens is 530 g/mol. The second-order valence-electron chi connectivity index (χ2n) is 11.0. The van der Waals surface area contributed by atoms with E-state index >= 15 is 0 Å². The molecular formula is C28H37N7O6. The number of fused-ring (bicyclic) bond motifs is 1. The number of carbonyl (C=O) groups is 3. The molecule has 41 heavy (non-hydrogen) atoms. The Kier molecular flexibility index (Phi) is 8.78. The first-order valence-electron chi connectivity index (χ1n) is 13.4. The predicted octanol–water partition coefficient (Wildman–Crippen LogP) is 1.66. The van der Waals surface area contributed by atoms with Crippen LogP contribution in [0.3, 0.4) is 0 Å². The third-order valence-electron chi connectivity index (χ3n) is 7.64. The van der Waals surface area contributed by atoms with Crippen molar-refractivity contribution < 1.29 is 29.3 Å². The molecule has 1 saturated heterocycles. The van der Waals surface area contributed by atoms with Gasteiger partial charge in [0.05, 0.1) is 29.4 Å². The number of H-pyrrole nitrogens is 1. The summed E-state index contributed by atoms with van der Waals surface area (Å²) in [5, 5.41) is 26.0. The first kappa shape index (κ1) is 29.7. The number of anilines is 2. The van der Waals surface area contributed by atoms with Crippen LogP contribution in [-0.4, -0.2) is 94.9 Å². The van der Waals surface area contributed by atoms with Crippen LogP contribution >= 0.6 is 0 Å². The maximum atomic E-state index is 13.9. The van der Waals surface area contributed by atoms with E-state index in [1.54, 1.807) is 38.4 Å². The molecule has 3 amide bonds. The quantitative estimate of drug-likeness (QED) is 0.258. The molecule has 13 heteroatoms. The van der Waals surface area contributed by atoms with Crippen LogP contribution in [0.4, 0.5) is 16.3 Å². The van der Waals surface area contributed by atoms with Crippen molar-refractivity contribution in [3.8, 4) is 5.75 Å². The van der Waals surface area contributed by atoms with Crippen molar-refractivity contribution in [3.63, 3.8) is 0 Å². The van der Waals surface area contributed by atoms with Gasteiger partial charge in [-0.1, -0.05) is 6.07 Å². The predicted molar refractivity (Wildman–Crippen MR) is 153 cm³/mol. The largest absolute Gasteiger partial charge is 0.414 e. The molecule has 13 nitrogen and oxygen atoms in total. The molecule has 1 aromatic carbocycles. The Hall–Kier alpha value is -4.23. The number of hydrogen-bond acceptors (Lipinski definition) is 9. The van der Waals surface area contributed by atoms with Crippen LogP contribution < -0.4 is 20.3 Å². The number of aromatic nitrogens is 3. The smallest absolute Gasteiger partial charge is 0.410 e. The number of rotatable bonds is 9. The number of aromatic amines is 1. The third-order valence-corrected chi connectivity index (χ3v) is 7.64. The zero-order valence-corrected chi connectivity index (χ0v) is 23.7. The lowest BCUT2D eigenvalue weighted by Gasteiger charge is -2.41. The monoisotopic (exact) mass is 567 g/mol. The highest BCUT2D eigenvalue weighted by Crippen LogP contribution is 2.37. The molecule has 1 fully saturated rings. The minimum Gasteiger partial charge on any atom is -0.410 e. The van der Waals surface area contributed by atoms with Crippen molar-refractivity contribution in [1.82, 2.24) is 25.2 Å². The van der Waals surface area contributed by atoms with E-state index in [4.69, 9.17) is 4.74 Å². The van der Waals surface area contributed by atoms with Gasteiger partial charge in [0.2, 0.25) is 11.8 Å². The summed E-state index contributed by atoms with van der Waals surface area (Å²) in [5.41, 5.74) is -0.214. The molecule has 220 valence electrons. The number of nitrogens with zero attached hydrogens (tertiary/aromatic N) is 4. The van der Waals surface area contributed by atoms with Gasteiger partial charge in [0.1, 0.15) is 23.5 Å². The second kappa shape index (κ2) is 12.1. The summed E-state index contributed by atoms with van der Waals surface area (Å²) < 4.78 is 5.32. The molecule has 0 unspecified atom stereocenters. The fraction of sp³-hybridized carbons (Fsp3) is 0.464. The Morgan fingerprint density at radius 1 is 1.17 bits per heavy atom. The van der Waals surface area contributed by atoms with Crippen molar-refractivity contribution in [3.05, 3.63) is 42.4 Å². The normalized spacial score (nSPS) is 14.9. The Morgan fingerprint density at radius 2 is 1.88 bits per heavy atom. The van der Waals surface area contributed by atoms with Gasteiger partial charge in [-0.3, -0.25) is 9.59 Å². The summed E-state index contributed by atoms with van der Waals surface area (Å²) in [4.78, 5) is 54.1. The van der Waals surface area contributed by atoms with Crippen LogP contribution in [-0.2, 0) is 9.59 Å². The molecule has 1 aliphatic rings. The van der Waals surface area contributed by atoms with Gasteiger partial charge in [-0.05, 0) is 44.4 Å². The molecule has 2 aromatic heterocycles. The van der Waals surface area contributed by atoms with Gasteiger partial charge in [-0.25, -0.2) is 14.8 Å². The first-order valence-corrected chi connectivity index (χ1v) is 13.4. The highest BCUT2D eigenvalue weighted by Gasteiger charge is 2.43. The zero-order chi connectivity index (χ0) is 29.8. The Bertz CT molecular complexity index is 1410. The highest BCUT2D eigenvalue weighted by atomic mass is 16.6. The van der Waals surface area contributed by atoms with Crippen molar-refractivity contribution in [2.45, 2.75) is 26.7 Å². The van der Waals surface area contributed by atoms with E-state index in [0.717, 1.165) is 22.4 Å². The van der Waals surface area contributed by atoms with Crippen molar-refractivity contribution in [1.29, 1.82) is 0 Å². The lowest BCUT2D eigenvalue weighted by Crippen LogP contribution is -2.55. The summed E-state index contributed by atoms with van der Waals surface area (Å²) >= 11 is 0. The lowest BCUT2D eigenvalue weighted by molar-refractivity contribution is -0.136. The Labute approximate surface area is 237 Å². The molecule has 1 aliphatic heterocycles. The van der Waals surface area contributed by atoms with Gasteiger partial charge in [0.25, 0.3) is 0 Å². The molecule has 0 radical (unpaired) electrons. The molecule has 0 aliphatic carbocycles. The number of hydrogen-bond donors (Lipinski definition) is 5. The Morgan fingerprint density at radius 3 is 2.54 bits per heavy atom. The molecule has 4 rings (SSSR count). The van der Waals surface area contributed by atoms with Crippen LogP contribution in [0.1, 0.15) is 25.3 Å². The number of aliphatic hydroxyl groups excluding tert-OH is 2. The van der Waals surface area contributed by atoms with Crippen LogP contribution in [0.2, 0.25) is 0 Å².